The maximum Gasteiger partial charge on any atom is 0.534 e. The molecule has 0 bridgehead atoms. The highest BCUT2D eigenvalue weighted by Gasteiger charge is 2.48. The molecule has 1 heterocycles. The molecule has 0 aliphatic rings. The van der Waals surface area contributed by atoms with Gasteiger partial charge in [0.2, 0.25) is 0 Å². The van der Waals surface area contributed by atoms with E-state index in [2.05, 4.69) is 28.9 Å². The van der Waals surface area contributed by atoms with Gasteiger partial charge in [0, 0.05) is 15.3 Å². The average Bonchev–Trinajstić information content (AvgIpc) is 3.18. The minimum Gasteiger partial charge on any atom is -0.376 e. The third-order valence-electron chi connectivity index (χ3n) is 4.08. The Bertz CT molecular complexity index is 1200. The lowest BCUT2D eigenvalue weighted by Gasteiger charge is -2.09. The molecule has 0 radical (unpaired) electrons. The molecule has 1 aromatic heterocycles. The summed E-state index contributed by atoms with van der Waals surface area (Å²) in [6.45, 7) is 0. The van der Waals surface area contributed by atoms with Crippen molar-refractivity contribution in [2.75, 3.05) is 0 Å². The van der Waals surface area contributed by atoms with E-state index in [9.17, 15) is 21.6 Å². The van der Waals surface area contributed by atoms with Crippen molar-refractivity contribution in [2.45, 2.75) is 11.3 Å². The van der Waals surface area contributed by atoms with E-state index in [1.165, 1.54) is 41.2 Å². The van der Waals surface area contributed by atoms with Crippen LogP contribution in [0.2, 0.25) is 0 Å². The first-order chi connectivity index (χ1) is 14.7. The van der Waals surface area contributed by atoms with Crippen LogP contribution >= 0.6 is 24.0 Å². The van der Waals surface area contributed by atoms with Crippen LogP contribution in [-0.2, 0) is 15.9 Å². The second-order valence-electron chi connectivity index (χ2n) is 6.30. The predicted molar refractivity (Wildman–Crippen MR) is 122 cm³/mol. The van der Waals surface area contributed by atoms with Gasteiger partial charge in [-0.2, -0.15) is 34.2 Å². The zero-order chi connectivity index (χ0) is 22.5. The van der Waals surface area contributed by atoms with Crippen molar-refractivity contribution in [1.82, 2.24) is 0 Å². The molecule has 0 saturated carbocycles. The molecule has 162 valence electrons. The molecular formula is C22H17F3O3S3. The first-order valence-corrected chi connectivity index (χ1v) is 11.8. The molecule has 31 heavy (non-hydrogen) atoms. The first-order valence-electron chi connectivity index (χ1n) is 8.94. The molecule has 0 fully saturated rings. The minimum atomic E-state index is -5.65. The summed E-state index contributed by atoms with van der Waals surface area (Å²) in [4.78, 5) is 0.927. The molecule has 3 aromatic carbocycles. The van der Waals surface area contributed by atoms with Crippen LogP contribution < -0.4 is 4.18 Å². The van der Waals surface area contributed by atoms with E-state index in [1.807, 2.05) is 48.5 Å². The Labute approximate surface area is 187 Å². The SMILES string of the molecule is O=S(=O)(Oc1ccc(-c2cc3ccccc3s2)cc1)C(F)(F)F.SCc1ccccc1. The lowest BCUT2D eigenvalue weighted by atomic mass is 10.1. The van der Waals surface area contributed by atoms with Crippen LogP contribution in [0.15, 0.2) is 84.9 Å². The van der Waals surface area contributed by atoms with Crippen LogP contribution in [0, 0.1) is 0 Å². The lowest BCUT2D eigenvalue weighted by Crippen LogP contribution is -2.27. The van der Waals surface area contributed by atoms with Crippen LogP contribution in [0.4, 0.5) is 13.2 Å². The molecule has 0 spiro atoms. The lowest BCUT2D eigenvalue weighted by molar-refractivity contribution is -0.0500. The molecule has 0 atom stereocenters. The van der Waals surface area contributed by atoms with Crippen LogP contribution in [0.5, 0.6) is 5.75 Å². The van der Waals surface area contributed by atoms with Gasteiger partial charge in [0.25, 0.3) is 0 Å². The third kappa shape index (κ3) is 6.03. The molecule has 4 rings (SSSR count). The van der Waals surface area contributed by atoms with Gasteiger partial charge in [-0.1, -0.05) is 48.5 Å². The summed E-state index contributed by atoms with van der Waals surface area (Å²) in [5, 5.41) is 1.06. The number of rotatable bonds is 4. The number of thiol groups is 1. The summed E-state index contributed by atoms with van der Waals surface area (Å²) in [6.07, 6.45) is 0. The largest absolute Gasteiger partial charge is 0.534 e. The Morgan fingerprint density at radius 3 is 2.03 bits per heavy atom. The van der Waals surface area contributed by atoms with Crippen molar-refractivity contribution in [3.05, 3.63) is 90.5 Å². The van der Waals surface area contributed by atoms with Crippen molar-refractivity contribution in [3.63, 3.8) is 0 Å². The molecule has 4 aromatic rings. The molecule has 3 nitrogen and oxygen atoms in total. The Balaban J connectivity index is 0.000000287. The fourth-order valence-corrected chi connectivity index (χ4v) is 4.29. The number of fused-ring (bicyclic) bond motifs is 1. The van der Waals surface area contributed by atoms with Gasteiger partial charge in [-0.3, -0.25) is 0 Å². The third-order valence-corrected chi connectivity index (χ3v) is 6.59. The van der Waals surface area contributed by atoms with E-state index < -0.39 is 15.6 Å². The molecular weight excluding hydrogens is 465 g/mol. The van der Waals surface area contributed by atoms with E-state index in [1.54, 1.807) is 0 Å². The van der Waals surface area contributed by atoms with Crippen molar-refractivity contribution in [2.24, 2.45) is 0 Å². The Morgan fingerprint density at radius 1 is 0.871 bits per heavy atom. The van der Waals surface area contributed by atoms with Crippen molar-refractivity contribution >= 4 is 44.2 Å². The zero-order valence-corrected chi connectivity index (χ0v) is 18.4. The van der Waals surface area contributed by atoms with Gasteiger partial charge < -0.3 is 4.18 Å². The van der Waals surface area contributed by atoms with Gasteiger partial charge in [-0.25, -0.2) is 0 Å². The quantitative estimate of drug-likeness (QED) is 0.195. The van der Waals surface area contributed by atoms with Crippen LogP contribution in [0.25, 0.3) is 20.5 Å². The minimum absolute atomic E-state index is 0.382. The zero-order valence-electron chi connectivity index (χ0n) is 15.9. The Kier molecular flexibility index (Phi) is 7.30. The van der Waals surface area contributed by atoms with E-state index in [0.717, 1.165) is 26.3 Å². The number of hydrogen-bond donors (Lipinski definition) is 1. The number of thiophene rings is 1. The van der Waals surface area contributed by atoms with Gasteiger partial charge in [-0.15, -0.1) is 11.3 Å². The van der Waals surface area contributed by atoms with Gasteiger partial charge in [0.15, 0.2) is 0 Å². The Hall–Kier alpha value is -2.49. The Morgan fingerprint density at radius 2 is 1.48 bits per heavy atom. The fraction of sp³-hybridized carbons (Fsp3) is 0.0909. The summed E-state index contributed by atoms with van der Waals surface area (Å²) in [5.74, 6) is 0.452. The number of alkyl halides is 3. The summed E-state index contributed by atoms with van der Waals surface area (Å²) >= 11 is 5.64. The average molecular weight is 483 g/mol. The molecule has 0 aliphatic heterocycles. The molecule has 0 amide bonds. The van der Waals surface area contributed by atoms with Crippen LogP contribution in [0.1, 0.15) is 5.56 Å². The number of benzene rings is 3. The van der Waals surface area contributed by atoms with Crippen molar-refractivity contribution in [3.8, 4) is 16.2 Å². The van der Waals surface area contributed by atoms with E-state index >= 15 is 0 Å². The molecule has 0 aliphatic carbocycles. The second kappa shape index (κ2) is 9.76. The van der Waals surface area contributed by atoms with Crippen molar-refractivity contribution < 1.29 is 25.8 Å². The van der Waals surface area contributed by atoms with Gasteiger partial charge in [-0.05, 0) is 52.9 Å². The summed E-state index contributed by atoms with van der Waals surface area (Å²) in [5.41, 5.74) is -3.41. The summed E-state index contributed by atoms with van der Waals surface area (Å²) < 4.78 is 63.9. The van der Waals surface area contributed by atoms with Crippen LogP contribution in [0.3, 0.4) is 0 Å². The maximum atomic E-state index is 12.3. The highest BCUT2D eigenvalue weighted by atomic mass is 32.2. The number of hydrogen-bond acceptors (Lipinski definition) is 5. The maximum absolute atomic E-state index is 12.3. The van der Waals surface area contributed by atoms with Crippen molar-refractivity contribution in [1.29, 1.82) is 0 Å². The normalized spacial score (nSPS) is 11.6. The van der Waals surface area contributed by atoms with E-state index in [4.69, 9.17) is 0 Å². The summed E-state index contributed by atoms with van der Waals surface area (Å²) in [7, 11) is -5.65. The number of halogens is 3. The first kappa shape index (κ1) is 23.2. The molecule has 9 heteroatoms. The predicted octanol–water partition coefficient (Wildman–Crippen LogP) is 6.91. The monoisotopic (exact) mass is 482 g/mol. The van der Waals surface area contributed by atoms with Crippen LogP contribution in [-0.4, -0.2) is 13.9 Å². The van der Waals surface area contributed by atoms with E-state index in [-0.39, 0.29) is 5.75 Å². The summed E-state index contributed by atoms with van der Waals surface area (Å²) in [6, 6.07) is 25.3. The van der Waals surface area contributed by atoms with Gasteiger partial charge >= 0.3 is 15.6 Å². The van der Waals surface area contributed by atoms with Gasteiger partial charge in [0.05, 0.1) is 0 Å². The highest BCUT2D eigenvalue weighted by molar-refractivity contribution is 7.88. The molecule has 0 unspecified atom stereocenters. The molecule has 0 N–H and O–H groups in total. The smallest absolute Gasteiger partial charge is 0.376 e. The van der Waals surface area contributed by atoms with E-state index in [0.29, 0.717) is 0 Å². The van der Waals surface area contributed by atoms with Gasteiger partial charge in [0.1, 0.15) is 5.75 Å². The standard InChI is InChI=1S/C15H9F3O3S2.C7H8S/c16-15(17,18)23(19,20)21-12-7-5-10(6-8-12)14-9-11-3-1-2-4-13(11)22-14;8-6-7-4-2-1-3-5-7/h1-9H;1-5,8H,6H2. The highest BCUT2D eigenvalue weighted by Crippen LogP contribution is 2.34. The fourth-order valence-electron chi connectivity index (χ4n) is 2.56. The second-order valence-corrected chi connectivity index (χ2v) is 9.24. The molecule has 0 saturated heterocycles. The topological polar surface area (TPSA) is 43.4 Å².